The van der Waals surface area contributed by atoms with Crippen LogP contribution in [0.5, 0.6) is 0 Å². The first-order valence-electron chi connectivity index (χ1n) is 5.18. The normalized spacial score (nSPS) is 22.3. The fraction of sp³-hybridized carbons (Fsp3) is 0.364. The molecule has 18 heavy (non-hydrogen) atoms. The molecule has 4 nitrogen and oxygen atoms in total. The number of carbonyl (C=O) groups is 1. The first-order valence-corrected chi connectivity index (χ1v) is 5.18. The average molecular weight is 260 g/mol. The quantitative estimate of drug-likeness (QED) is 0.746. The van der Waals surface area contributed by atoms with Crippen LogP contribution in [0, 0.1) is 0 Å². The highest BCUT2D eigenvalue weighted by atomic mass is 19.4. The second-order valence-corrected chi connectivity index (χ2v) is 4.18. The number of aliphatic carboxylic acids is 1. The van der Waals surface area contributed by atoms with Crippen molar-refractivity contribution in [1.29, 1.82) is 0 Å². The maximum Gasteiger partial charge on any atom is 0.419 e. The molecule has 2 atom stereocenters. The Kier molecular flexibility index (Phi) is 2.83. The number of nitrogens with two attached hydrogens (primary N) is 1. The fourth-order valence-electron chi connectivity index (χ4n) is 2.11. The van der Waals surface area contributed by atoms with Crippen LogP contribution in [0.3, 0.4) is 0 Å². The van der Waals surface area contributed by atoms with E-state index in [1.807, 2.05) is 0 Å². The highest BCUT2D eigenvalue weighted by Crippen LogP contribution is 2.41. The second kappa shape index (κ2) is 3.96. The zero-order chi connectivity index (χ0) is 13.6. The number of fused-ring (bicyclic) bond motifs is 1. The Morgan fingerprint density at radius 1 is 1.39 bits per heavy atom. The molecular weight excluding hydrogens is 249 g/mol. The van der Waals surface area contributed by atoms with Crippen LogP contribution in [0.15, 0.2) is 24.3 Å². The van der Waals surface area contributed by atoms with E-state index in [0.717, 1.165) is 0 Å². The molecule has 0 saturated heterocycles. The van der Waals surface area contributed by atoms with Gasteiger partial charge in [0.15, 0.2) is 0 Å². The van der Waals surface area contributed by atoms with Crippen molar-refractivity contribution >= 4 is 5.97 Å². The van der Waals surface area contributed by atoms with Crippen LogP contribution in [0.4, 0.5) is 13.2 Å². The van der Waals surface area contributed by atoms with Crippen molar-refractivity contribution in [3.05, 3.63) is 35.4 Å². The minimum Gasteiger partial charge on any atom is -0.480 e. The third-order valence-electron chi connectivity index (χ3n) is 3.14. The predicted octanol–water partition coefficient (Wildman–Crippen LogP) is 1.18. The van der Waals surface area contributed by atoms with Gasteiger partial charge in [-0.05, 0) is 11.1 Å². The molecule has 4 N–H and O–H groups in total. The number of halogens is 3. The second-order valence-electron chi connectivity index (χ2n) is 4.18. The Morgan fingerprint density at radius 2 is 2.00 bits per heavy atom. The van der Waals surface area contributed by atoms with Crippen LogP contribution >= 0.6 is 0 Å². The molecule has 98 valence electrons. The SMILES string of the molecule is NC(C(=O)O)(C1NCc2ccccc21)C(F)(F)F. The lowest BCUT2D eigenvalue weighted by Crippen LogP contribution is -2.65. The van der Waals surface area contributed by atoms with Crippen molar-refractivity contribution in [3.63, 3.8) is 0 Å². The monoisotopic (exact) mass is 260 g/mol. The van der Waals surface area contributed by atoms with E-state index in [1.54, 1.807) is 18.2 Å². The molecule has 1 heterocycles. The molecule has 0 saturated carbocycles. The topological polar surface area (TPSA) is 75.4 Å². The number of nitrogens with one attached hydrogen (secondary N) is 1. The van der Waals surface area contributed by atoms with Crippen molar-refractivity contribution < 1.29 is 23.1 Å². The van der Waals surface area contributed by atoms with Gasteiger partial charge in [0.05, 0.1) is 6.04 Å². The Labute approximate surface area is 101 Å². The first kappa shape index (κ1) is 12.8. The smallest absolute Gasteiger partial charge is 0.419 e. The van der Waals surface area contributed by atoms with Gasteiger partial charge in [-0.25, -0.2) is 4.79 Å². The summed E-state index contributed by atoms with van der Waals surface area (Å²) in [6, 6.07) is 4.84. The molecule has 2 unspecified atom stereocenters. The molecular formula is C11H11F3N2O2. The van der Waals surface area contributed by atoms with Crippen molar-refractivity contribution in [1.82, 2.24) is 5.32 Å². The number of hydrogen-bond acceptors (Lipinski definition) is 3. The summed E-state index contributed by atoms with van der Waals surface area (Å²) < 4.78 is 38.9. The highest BCUT2D eigenvalue weighted by molar-refractivity contribution is 5.81. The van der Waals surface area contributed by atoms with Crippen LogP contribution in [-0.4, -0.2) is 22.8 Å². The minimum atomic E-state index is -5.05. The van der Waals surface area contributed by atoms with Crippen molar-refractivity contribution in [2.45, 2.75) is 24.3 Å². The lowest BCUT2D eigenvalue weighted by molar-refractivity contribution is -0.208. The summed E-state index contributed by atoms with van der Waals surface area (Å²) >= 11 is 0. The third-order valence-corrected chi connectivity index (χ3v) is 3.14. The molecule has 1 aliphatic heterocycles. The van der Waals surface area contributed by atoms with Crippen LogP contribution in [0.1, 0.15) is 17.2 Å². The van der Waals surface area contributed by atoms with Crippen molar-refractivity contribution in [2.75, 3.05) is 0 Å². The van der Waals surface area contributed by atoms with Crippen LogP contribution < -0.4 is 11.1 Å². The van der Waals surface area contributed by atoms with E-state index in [2.05, 4.69) is 5.32 Å². The highest BCUT2D eigenvalue weighted by Gasteiger charge is 2.64. The molecule has 7 heteroatoms. The van der Waals surface area contributed by atoms with E-state index in [1.165, 1.54) is 6.07 Å². The van der Waals surface area contributed by atoms with Gasteiger partial charge in [0.25, 0.3) is 0 Å². The van der Waals surface area contributed by atoms with Crippen molar-refractivity contribution in [2.24, 2.45) is 5.73 Å². The predicted molar refractivity (Wildman–Crippen MR) is 56.6 cm³/mol. The summed E-state index contributed by atoms with van der Waals surface area (Å²) in [5.74, 6) is -2.09. The average Bonchev–Trinajstić information content (AvgIpc) is 2.70. The lowest BCUT2D eigenvalue weighted by atomic mass is 9.86. The van der Waals surface area contributed by atoms with Crippen LogP contribution in [0.2, 0.25) is 0 Å². The summed E-state index contributed by atoms with van der Waals surface area (Å²) in [5, 5.41) is 11.4. The molecule has 1 aliphatic rings. The Balaban J connectivity index is 2.51. The van der Waals surface area contributed by atoms with E-state index in [-0.39, 0.29) is 12.1 Å². The van der Waals surface area contributed by atoms with Gasteiger partial charge in [0, 0.05) is 6.54 Å². The van der Waals surface area contributed by atoms with Gasteiger partial charge in [-0.1, -0.05) is 24.3 Å². The number of carboxylic acids is 1. The van der Waals surface area contributed by atoms with E-state index in [9.17, 15) is 18.0 Å². The van der Waals surface area contributed by atoms with Crippen LogP contribution in [-0.2, 0) is 11.3 Å². The summed E-state index contributed by atoms with van der Waals surface area (Å²) in [6.07, 6.45) is -5.05. The Morgan fingerprint density at radius 3 is 2.56 bits per heavy atom. The summed E-state index contributed by atoms with van der Waals surface area (Å²) in [7, 11) is 0. The van der Waals surface area contributed by atoms with Gasteiger partial charge in [0.2, 0.25) is 5.54 Å². The zero-order valence-corrected chi connectivity index (χ0v) is 9.16. The van der Waals surface area contributed by atoms with Gasteiger partial charge < -0.3 is 16.2 Å². The van der Waals surface area contributed by atoms with Crippen LogP contribution in [0.25, 0.3) is 0 Å². The Hall–Kier alpha value is -1.60. The molecule has 0 spiro atoms. The summed E-state index contributed by atoms with van der Waals surface area (Å²) in [6.45, 7) is 0.170. The van der Waals surface area contributed by atoms with E-state index < -0.39 is 23.7 Å². The first-order chi connectivity index (χ1) is 8.28. The van der Waals surface area contributed by atoms with Gasteiger partial charge in [-0.3, -0.25) is 0 Å². The van der Waals surface area contributed by atoms with Gasteiger partial charge in [-0.2, -0.15) is 13.2 Å². The standard InChI is InChI=1S/C11H11F3N2O2/c12-11(13,14)10(15,9(17)18)8-7-4-2-1-3-6(7)5-16-8/h1-4,8,16H,5,15H2,(H,17,18). The van der Waals surface area contributed by atoms with Gasteiger partial charge in [-0.15, -0.1) is 0 Å². The molecule has 0 amide bonds. The number of hydrogen-bond donors (Lipinski definition) is 3. The fourth-order valence-corrected chi connectivity index (χ4v) is 2.11. The summed E-state index contributed by atoms with van der Waals surface area (Å²) in [5.41, 5.74) is 2.72. The molecule has 2 rings (SSSR count). The third kappa shape index (κ3) is 1.67. The number of rotatable bonds is 2. The lowest BCUT2D eigenvalue weighted by Gasteiger charge is -2.33. The van der Waals surface area contributed by atoms with Gasteiger partial charge in [0.1, 0.15) is 0 Å². The van der Waals surface area contributed by atoms with E-state index >= 15 is 0 Å². The Bertz CT molecular complexity index is 489. The van der Waals surface area contributed by atoms with Gasteiger partial charge >= 0.3 is 12.1 Å². The zero-order valence-electron chi connectivity index (χ0n) is 9.16. The number of benzene rings is 1. The number of alkyl halides is 3. The molecule has 1 aromatic rings. The maximum atomic E-state index is 13.0. The van der Waals surface area contributed by atoms with E-state index in [4.69, 9.17) is 10.8 Å². The number of carboxylic acid groups (broad SMARTS) is 1. The molecule has 0 radical (unpaired) electrons. The molecule has 1 aromatic carbocycles. The summed E-state index contributed by atoms with van der Waals surface area (Å²) in [4.78, 5) is 11.0. The van der Waals surface area contributed by atoms with E-state index in [0.29, 0.717) is 5.56 Å². The molecule has 0 aromatic heterocycles. The minimum absolute atomic E-state index is 0.170. The van der Waals surface area contributed by atoms with Crippen molar-refractivity contribution in [3.8, 4) is 0 Å². The molecule has 0 fully saturated rings. The largest absolute Gasteiger partial charge is 0.480 e. The molecule has 0 bridgehead atoms. The maximum absolute atomic E-state index is 13.0. The molecule has 0 aliphatic carbocycles.